The van der Waals surface area contributed by atoms with Gasteiger partial charge in [-0.2, -0.15) is 0 Å². The van der Waals surface area contributed by atoms with Gasteiger partial charge in [0, 0.05) is 31.4 Å². The molecule has 0 spiro atoms. The van der Waals surface area contributed by atoms with Crippen molar-refractivity contribution in [3.8, 4) is 0 Å². The second-order valence-corrected chi connectivity index (χ2v) is 3.75. The van der Waals surface area contributed by atoms with Gasteiger partial charge in [0.1, 0.15) is 0 Å². The van der Waals surface area contributed by atoms with Crippen LogP contribution < -0.4 is 16.8 Å². The highest BCUT2D eigenvalue weighted by Crippen LogP contribution is 2.07. The Morgan fingerprint density at radius 1 is 1.43 bits per heavy atom. The summed E-state index contributed by atoms with van der Waals surface area (Å²) in [6.07, 6.45) is 3.71. The molecule has 1 rings (SSSR count). The van der Waals surface area contributed by atoms with E-state index >= 15 is 0 Å². The minimum absolute atomic E-state index is 0.450. The van der Waals surface area contributed by atoms with Crippen molar-refractivity contribution in [2.75, 3.05) is 19.6 Å². The zero-order valence-corrected chi connectivity index (χ0v) is 8.96. The second-order valence-electron chi connectivity index (χ2n) is 3.75. The molecule has 1 unspecified atom stereocenters. The molecule has 0 aromatic rings. The average molecular weight is 196 g/mol. The Labute approximate surface area is 85.6 Å². The minimum atomic E-state index is 0.450. The zero-order chi connectivity index (χ0) is 10.6. The molecule has 0 aromatic carbocycles. The molecule has 1 aliphatic heterocycles. The van der Waals surface area contributed by atoms with Crippen LogP contribution in [0.15, 0.2) is 23.7 Å². The fourth-order valence-electron chi connectivity index (χ4n) is 1.54. The number of rotatable bonds is 2. The van der Waals surface area contributed by atoms with E-state index < -0.39 is 0 Å². The van der Waals surface area contributed by atoms with E-state index in [1.54, 1.807) is 0 Å². The normalized spacial score (nSPS) is 25.3. The molecule has 4 nitrogen and oxygen atoms in total. The van der Waals surface area contributed by atoms with Gasteiger partial charge in [-0.15, -0.1) is 0 Å². The molecule has 5 N–H and O–H groups in total. The Hall–Kier alpha value is -1.16. The van der Waals surface area contributed by atoms with Crippen LogP contribution in [0.25, 0.3) is 0 Å². The fourth-order valence-corrected chi connectivity index (χ4v) is 1.54. The average Bonchev–Trinajstić information content (AvgIpc) is 2.15. The van der Waals surface area contributed by atoms with E-state index in [0.29, 0.717) is 6.04 Å². The van der Waals surface area contributed by atoms with Crippen molar-refractivity contribution in [3.05, 3.63) is 23.7 Å². The number of nitrogens with two attached hydrogens (primary N) is 2. The molecule has 4 heteroatoms. The van der Waals surface area contributed by atoms with Gasteiger partial charge in [0.2, 0.25) is 0 Å². The molecule has 1 saturated heterocycles. The maximum Gasteiger partial charge on any atom is 0.0990 e. The first-order valence-corrected chi connectivity index (χ1v) is 4.98. The van der Waals surface area contributed by atoms with Gasteiger partial charge in [-0.1, -0.05) is 0 Å². The molecule has 0 aromatic heterocycles. The number of hydrogen-bond donors (Lipinski definition) is 3. The summed E-state index contributed by atoms with van der Waals surface area (Å²) < 4.78 is 0. The van der Waals surface area contributed by atoms with E-state index in [1.807, 2.05) is 19.1 Å². The van der Waals surface area contributed by atoms with Gasteiger partial charge in [0.05, 0.1) is 5.82 Å². The third-order valence-corrected chi connectivity index (χ3v) is 2.35. The standard InChI is InChI=1S/C10H20N4/c1-8(11)3-4-10(12)14-6-5-13-7-9(14)2/h3-4,9,13H,5-7,11-12H2,1-2H3/b8-3-,10-4+. The van der Waals surface area contributed by atoms with Crippen LogP contribution in [-0.2, 0) is 0 Å². The Kier molecular flexibility index (Phi) is 3.83. The van der Waals surface area contributed by atoms with Gasteiger partial charge in [0.25, 0.3) is 0 Å². The van der Waals surface area contributed by atoms with Gasteiger partial charge in [-0.3, -0.25) is 0 Å². The van der Waals surface area contributed by atoms with Crippen molar-refractivity contribution < 1.29 is 0 Å². The van der Waals surface area contributed by atoms with E-state index in [-0.39, 0.29) is 0 Å². The first kappa shape index (κ1) is 10.9. The van der Waals surface area contributed by atoms with Gasteiger partial charge < -0.3 is 21.7 Å². The predicted octanol–water partition coefficient (Wildman–Crippen LogP) is -0.0573. The van der Waals surface area contributed by atoms with Gasteiger partial charge >= 0.3 is 0 Å². The molecule has 0 bridgehead atoms. The predicted molar refractivity (Wildman–Crippen MR) is 59.3 cm³/mol. The molecule has 0 radical (unpaired) electrons. The Balaban J connectivity index is 2.62. The maximum absolute atomic E-state index is 5.95. The molecule has 1 atom stereocenters. The molecular weight excluding hydrogens is 176 g/mol. The number of piperazine rings is 1. The quantitative estimate of drug-likeness (QED) is 0.541. The molecule has 1 aliphatic rings. The van der Waals surface area contributed by atoms with Crippen molar-refractivity contribution in [1.29, 1.82) is 0 Å². The molecule has 14 heavy (non-hydrogen) atoms. The molecule has 80 valence electrons. The minimum Gasteiger partial charge on any atom is -0.402 e. The fraction of sp³-hybridized carbons (Fsp3) is 0.600. The topological polar surface area (TPSA) is 67.3 Å². The monoisotopic (exact) mass is 196 g/mol. The summed E-state index contributed by atoms with van der Waals surface area (Å²) in [5.41, 5.74) is 12.3. The molecule has 0 amide bonds. The summed E-state index contributed by atoms with van der Waals surface area (Å²) in [6.45, 7) is 6.95. The lowest BCUT2D eigenvalue weighted by Crippen LogP contribution is -2.50. The number of allylic oxidation sites excluding steroid dienone is 3. The summed E-state index contributed by atoms with van der Waals surface area (Å²) in [5.74, 6) is 0.795. The molecule has 0 saturated carbocycles. The highest BCUT2D eigenvalue weighted by atomic mass is 15.3. The van der Waals surface area contributed by atoms with Crippen LogP contribution in [-0.4, -0.2) is 30.6 Å². The van der Waals surface area contributed by atoms with Gasteiger partial charge in [0.15, 0.2) is 0 Å². The van der Waals surface area contributed by atoms with Crippen LogP contribution in [0.5, 0.6) is 0 Å². The smallest absolute Gasteiger partial charge is 0.0990 e. The Bertz CT molecular complexity index is 241. The third kappa shape index (κ3) is 2.96. The summed E-state index contributed by atoms with van der Waals surface area (Å²) in [4.78, 5) is 2.19. The molecule has 0 aliphatic carbocycles. The van der Waals surface area contributed by atoms with Crippen LogP contribution in [0.3, 0.4) is 0 Å². The Morgan fingerprint density at radius 2 is 2.14 bits per heavy atom. The number of nitrogens with one attached hydrogen (secondary N) is 1. The van der Waals surface area contributed by atoms with Crippen molar-refractivity contribution in [2.45, 2.75) is 19.9 Å². The van der Waals surface area contributed by atoms with E-state index in [1.165, 1.54) is 0 Å². The summed E-state index contributed by atoms with van der Waals surface area (Å²) in [6, 6.07) is 0.450. The summed E-state index contributed by atoms with van der Waals surface area (Å²) >= 11 is 0. The van der Waals surface area contributed by atoms with Crippen LogP contribution in [0.2, 0.25) is 0 Å². The van der Waals surface area contributed by atoms with Gasteiger partial charge in [-0.05, 0) is 26.0 Å². The van der Waals surface area contributed by atoms with Crippen LogP contribution in [0, 0.1) is 0 Å². The van der Waals surface area contributed by atoms with E-state index in [0.717, 1.165) is 31.2 Å². The van der Waals surface area contributed by atoms with Crippen LogP contribution in [0.1, 0.15) is 13.8 Å². The number of nitrogens with zero attached hydrogens (tertiary/aromatic N) is 1. The van der Waals surface area contributed by atoms with E-state index in [9.17, 15) is 0 Å². The SMILES string of the molecule is C/C(N)=C/C=C(\N)N1CCNCC1C. The summed E-state index contributed by atoms with van der Waals surface area (Å²) in [7, 11) is 0. The Morgan fingerprint density at radius 3 is 2.71 bits per heavy atom. The first-order chi connectivity index (χ1) is 6.61. The van der Waals surface area contributed by atoms with E-state index in [2.05, 4.69) is 17.1 Å². The third-order valence-electron chi connectivity index (χ3n) is 2.35. The van der Waals surface area contributed by atoms with Crippen LogP contribution in [0.4, 0.5) is 0 Å². The molecule has 1 fully saturated rings. The van der Waals surface area contributed by atoms with E-state index in [4.69, 9.17) is 11.5 Å². The highest BCUT2D eigenvalue weighted by Gasteiger charge is 2.17. The molecule has 1 heterocycles. The van der Waals surface area contributed by atoms with Gasteiger partial charge in [-0.25, -0.2) is 0 Å². The maximum atomic E-state index is 5.95. The van der Waals surface area contributed by atoms with Crippen molar-refractivity contribution in [2.24, 2.45) is 11.5 Å². The molecular formula is C10H20N4. The summed E-state index contributed by atoms with van der Waals surface area (Å²) in [5, 5.41) is 3.32. The first-order valence-electron chi connectivity index (χ1n) is 4.98. The van der Waals surface area contributed by atoms with Crippen LogP contribution >= 0.6 is 0 Å². The lowest BCUT2D eigenvalue weighted by molar-refractivity contribution is 0.221. The van der Waals surface area contributed by atoms with Crippen molar-refractivity contribution in [3.63, 3.8) is 0 Å². The van der Waals surface area contributed by atoms with Crippen molar-refractivity contribution >= 4 is 0 Å². The lowest BCUT2D eigenvalue weighted by Gasteiger charge is -2.35. The highest BCUT2D eigenvalue weighted by molar-refractivity contribution is 5.13. The lowest BCUT2D eigenvalue weighted by atomic mass is 10.2. The second kappa shape index (κ2) is 4.91. The zero-order valence-electron chi connectivity index (χ0n) is 8.96. The largest absolute Gasteiger partial charge is 0.402 e. The van der Waals surface area contributed by atoms with Crippen molar-refractivity contribution in [1.82, 2.24) is 10.2 Å². The number of hydrogen-bond acceptors (Lipinski definition) is 4.